The first-order chi connectivity index (χ1) is 26.3. The maximum absolute atomic E-state index is 14.6. The largest absolute Gasteiger partial charge is 1.00 e. The number of hydrogen-bond acceptors (Lipinski definition) is 11. The molecule has 57 heavy (non-hydrogen) atoms. The summed E-state index contributed by atoms with van der Waals surface area (Å²) in [5.41, 5.74) is -1.49. The van der Waals surface area contributed by atoms with E-state index < -0.39 is 70.7 Å². The second-order valence-corrected chi connectivity index (χ2v) is 18.9. The van der Waals surface area contributed by atoms with Crippen LogP contribution in [0.4, 0.5) is 0 Å². The quantitative estimate of drug-likeness (QED) is 0.165. The third-order valence-corrected chi connectivity index (χ3v) is 15.1. The first kappa shape index (κ1) is 49.2. The standard InChI is InChI=1S/C45H77NO10.Na/c1-12-24-46-35-18-21-44(56-45(35)23-22-42(11,55-45)36-19-20-43(51,15-4)31(10)52-36)28(7)25-27(6)40(54-44)33(14-3)38(48)29(8)37(47)30(9)39-26(5)16-17-34(53-39)32(13-2)41(49)50;/h18,21,26-37,39-40,46-47,51H,12-17,19-20,22-25H2,1-11H3,(H,49,50);/q;+1/p-1/t26-,27-,28+,29-,30-,31-,32+,33-,34+,35-,36+,37+,39+,40-,42-,43+,44-,45-;/m0./s1. The van der Waals surface area contributed by atoms with E-state index in [1.807, 2.05) is 40.7 Å². The van der Waals surface area contributed by atoms with Crippen LogP contribution in [0.25, 0.3) is 0 Å². The predicted octanol–water partition coefficient (Wildman–Crippen LogP) is 2.86. The Morgan fingerprint density at radius 1 is 0.912 bits per heavy atom. The van der Waals surface area contributed by atoms with Gasteiger partial charge in [0, 0.05) is 42.0 Å². The SMILES string of the molecule is CCCN[C@H]1C=C[C@]2(O[C@H]([C@@H](CC)C(=O)[C@@H](C)[C@@H](O)[C@H](C)[C@@H]3O[C@@H]([C@@H](CC)C(=O)[O-])CC[C@@H]3C)[C@@H](C)C[C@H]2C)O[C@@]12CC[C@@](C)([C@H]1CC[C@](O)(CC)[C@H](C)O1)O2.[Na+]. The van der Waals surface area contributed by atoms with E-state index in [9.17, 15) is 24.9 Å². The van der Waals surface area contributed by atoms with Crippen LogP contribution in [-0.2, 0) is 33.3 Å². The number of aliphatic hydroxyl groups is 2. The van der Waals surface area contributed by atoms with Gasteiger partial charge in [0.25, 0.3) is 0 Å². The molecule has 11 nitrogen and oxygen atoms in total. The van der Waals surface area contributed by atoms with Crippen molar-refractivity contribution in [2.75, 3.05) is 6.54 Å². The Kier molecular flexibility index (Phi) is 17.0. The van der Waals surface area contributed by atoms with Gasteiger partial charge in [0.15, 0.2) is 11.6 Å². The number of rotatable bonds is 15. The van der Waals surface area contributed by atoms with Crippen LogP contribution in [0.1, 0.15) is 147 Å². The first-order valence-electron chi connectivity index (χ1n) is 22.3. The summed E-state index contributed by atoms with van der Waals surface area (Å²) in [7, 11) is 0. The molecule has 0 aliphatic carbocycles. The molecule has 2 spiro atoms. The third-order valence-electron chi connectivity index (χ3n) is 15.1. The molecule has 5 rings (SSSR count). The van der Waals surface area contributed by atoms with E-state index in [-0.39, 0.29) is 77.4 Å². The molecule has 5 aliphatic rings. The van der Waals surface area contributed by atoms with Crippen molar-refractivity contribution in [2.45, 2.75) is 212 Å². The zero-order valence-corrected chi connectivity index (χ0v) is 39.4. The normalized spacial score (nSPS) is 43.6. The molecule has 0 aromatic carbocycles. The summed E-state index contributed by atoms with van der Waals surface area (Å²) in [6.45, 7) is 22.9. The van der Waals surface area contributed by atoms with Crippen molar-refractivity contribution >= 4 is 11.8 Å². The average Bonchev–Trinajstić information content (AvgIpc) is 3.51. The van der Waals surface area contributed by atoms with Crippen LogP contribution in [-0.4, -0.2) is 94.0 Å². The minimum atomic E-state index is -1.13. The number of nitrogens with one attached hydrogen (secondary N) is 1. The van der Waals surface area contributed by atoms with Crippen molar-refractivity contribution in [1.82, 2.24) is 5.32 Å². The van der Waals surface area contributed by atoms with Gasteiger partial charge >= 0.3 is 29.6 Å². The Bertz CT molecular complexity index is 1390. The van der Waals surface area contributed by atoms with Crippen molar-refractivity contribution in [3.63, 3.8) is 0 Å². The molecule has 0 aromatic heterocycles. The summed E-state index contributed by atoms with van der Waals surface area (Å²) in [6, 6.07) is -0.222. The molecule has 5 heterocycles. The van der Waals surface area contributed by atoms with Gasteiger partial charge in [-0.05, 0) is 103 Å². The van der Waals surface area contributed by atoms with Crippen LogP contribution in [0.3, 0.4) is 0 Å². The van der Waals surface area contributed by atoms with Crippen LogP contribution in [0, 0.1) is 41.4 Å². The minimum absolute atomic E-state index is 0. The molecule has 322 valence electrons. The van der Waals surface area contributed by atoms with Crippen LogP contribution >= 0.6 is 0 Å². The monoisotopic (exact) mass is 814 g/mol. The van der Waals surface area contributed by atoms with Gasteiger partial charge in [-0.3, -0.25) is 4.79 Å². The number of aliphatic carboxylic acids is 1. The smallest absolute Gasteiger partial charge is 0.550 e. The number of carbonyl (C=O) groups is 2. The van der Waals surface area contributed by atoms with Gasteiger partial charge in [0.05, 0.1) is 53.9 Å². The van der Waals surface area contributed by atoms with Crippen LogP contribution < -0.4 is 40.0 Å². The third kappa shape index (κ3) is 9.80. The molecule has 0 aromatic rings. The molecule has 0 bridgehead atoms. The van der Waals surface area contributed by atoms with E-state index in [4.69, 9.17) is 23.7 Å². The van der Waals surface area contributed by atoms with Crippen molar-refractivity contribution in [3.05, 3.63) is 12.2 Å². The molecule has 18 atom stereocenters. The Balaban J connectivity index is 0.00000720. The molecular formula is C45H76NNaO10. The van der Waals surface area contributed by atoms with E-state index in [0.717, 1.165) is 32.2 Å². The molecule has 5 aliphatic heterocycles. The second kappa shape index (κ2) is 19.7. The molecule has 0 unspecified atom stereocenters. The van der Waals surface area contributed by atoms with Gasteiger partial charge in [-0.1, -0.05) is 68.4 Å². The summed E-state index contributed by atoms with van der Waals surface area (Å²) in [5, 5.41) is 38.5. The molecule has 0 amide bonds. The van der Waals surface area contributed by atoms with Gasteiger partial charge in [-0.15, -0.1) is 0 Å². The number of hydrogen-bond donors (Lipinski definition) is 3. The maximum Gasteiger partial charge on any atom is 1.00 e. The van der Waals surface area contributed by atoms with Gasteiger partial charge in [0.2, 0.25) is 0 Å². The number of ketones is 1. The topological polar surface area (TPSA) is 156 Å². The molecule has 0 saturated carbocycles. The number of ether oxygens (including phenoxy) is 5. The van der Waals surface area contributed by atoms with E-state index in [0.29, 0.717) is 44.9 Å². The fourth-order valence-electron chi connectivity index (χ4n) is 11.0. The van der Waals surface area contributed by atoms with Crippen LogP contribution in [0.15, 0.2) is 12.2 Å². The number of carboxylic acids is 1. The number of carbonyl (C=O) groups excluding carboxylic acids is 2. The Hall–Kier alpha value is -0.440. The Labute approximate surface area is 365 Å². The number of carboxylic acid groups (broad SMARTS) is 1. The van der Waals surface area contributed by atoms with Crippen molar-refractivity contribution in [3.8, 4) is 0 Å². The predicted molar refractivity (Wildman–Crippen MR) is 212 cm³/mol. The van der Waals surface area contributed by atoms with E-state index >= 15 is 0 Å². The maximum atomic E-state index is 14.6. The van der Waals surface area contributed by atoms with Crippen molar-refractivity contribution < 1.29 is 78.2 Å². The fraction of sp³-hybridized carbons (Fsp3) is 0.911. The van der Waals surface area contributed by atoms with Gasteiger partial charge < -0.3 is 49.1 Å². The summed E-state index contributed by atoms with van der Waals surface area (Å²) in [5.74, 6) is -5.47. The zero-order chi connectivity index (χ0) is 41.4. The minimum Gasteiger partial charge on any atom is -0.550 e. The summed E-state index contributed by atoms with van der Waals surface area (Å²) >= 11 is 0. The average molecular weight is 814 g/mol. The van der Waals surface area contributed by atoms with Crippen molar-refractivity contribution in [2.24, 2.45) is 41.4 Å². The fourth-order valence-corrected chi connectivity index (χ4v) is 11.0. The van der Waals surface area contributed by atoms with Crippen LogP contribution in [0.5, 0.6) is 0 Å². The molecule has 3 N–H and O–H groups in total. The Morgan fingerprint density at radius 3 is 2.19 bits per heavy atom. The number of aliphatic hydroxyl groups excluding tert-OH is 1. The second-order valence-electron chi connectivity index (χ2n) is 18.9. The first-order valence-corrected chi connectivity index (χ1v) is 22.3. The van der Waals surface area contributed by atoms with Crippen molar-refractivity contribution in [1.29, 1.82) is 0 Å². The van der Waals surface area contributed by atoms with E-state index in [2.05, 4.69) is 46.0 Å². The van der Waals surface area contributed by atoms with Crippen LogP contribution in [0.2, 0.25) is 0 Å². The molecule has 4 saturated heterocycles. The molecule has 12 heteroatoms. The summed E-state index contributed by atoms with van der Waals surface area (Å²) in [6.07, 6.45) is 8.77. The zero-order valence-electron chi connectivity index (χ0n) is 37.4. The summed E-state index contributed by atoms with van der Waals surface area (Å²) in [4.78, 5) is 26.4. The number of Topliss-reactive ketones (excluding diaryl/α,β-unsaturated/α-hetero) is 1. The molecular weight excluding hydrogens is 737 g/mol. The summed E-state index contributed by atoms with van der Waals surface area (Å²) < 4.78 is 34.6. The molecule has 4 fully saturated rings. The van der Waals surface area contributed by atoms with Gasteiger partial charge in [-0.2, -0.15) is 0 Å². The van der Waals surface area contributed by atoms with E-state index in [1.54, 1.807) is 6.92 Å². The van der Waals surface area contributed by atoms with E-state index in [1.165, 1.54) is 0 Å². The van der Waals surface area contributed by atoms with Gasteiger partial charge in [0.1, 0.15) is 5.78 Å². The Morgan fingerprint density at radius 2 is 1.60 bits per heavy atom. The van der Waals surface area contributed by atoms with Gasteiger partial charge in [-0.25, -0.2) is 0 Å². The molecule has 0 radical (unpaired) electrons.